The van der Waals surface area contributed by atoms with Crippen LogP contribution in [0.4, 0.5) is 5.69 Å². The molecular weight excluding hydrogens is 511 g/mol. The van der Waals surface area contributed by atoms with Crippen LogP contribution >= 0.6 is 22.6 Å². The summed E-state index contributed by atoms with van der Waals surface area (Å²) < 4.78 is 17.4. The van der Waals surface area contributed by atoms with Crippen LogP contribution in [-0.4, -0.2) is 31.5 Å². The molecule has 0 saturated heterocycles. The Kier molecular flexibility index (Phi) is 7.11. The van der Waals surface area contributed by atoms with Crippen molar-refractivity contribution in [1.82, 2.24) is 0 Å². The molecule has 0 radical (unpaired) electrons. The van der Waals surface area contributed by atoms with Gasteiger partial charge in [0.15, 0.2) is 17.2 Å². The first-order valence-corrected chi connectivity index (χ1v) is 10.4. The van der Waals surface area contributed by atoms with E-state index in [1.807, 2.05) is 13.0 Å². The van der Waals surface area contributed by atoms with Crippen molar-refractivity contribution in [3.63, 3.8) is 0 Å². The van der Waals surface area contributed by atoms with Crippen molar-refractivity contribution in [2.45, 2.75) is 13.8 Å². The van der Waals surface area contributed by atoms with E-state index in [0.29, 0.717) is 29.4 Å². The van der Waals surface area contributed by atoms with E-state index in [1.54, 1.807) is 43.5 Å². The zero-order valence-corrected chi connectivity index (χ0v) is 19.5. The van der Waals surface area contributed by atoms with Gasteiger partial charge in [-0.2, -0.15) is 0 Å². The molecule has 1 amide bonds. The Morgan fingerprint density at radius 3 is 2.58 bits per heavy atom. The molecule has 0 fully saturated rings. The lowest BCUT2D eigenvalue weighted by Crippen LogP contribution is -2.07. The fourth-order valence-corrected chi connectivity index (χ4v) is 3.53. The number of esters is 1. The average Bonchev–Trinajstić information content (AvgIpc) is 3.07. The second kappa shape index (κ2) is 9.78. The topological polar surface area (TPSA) is 86.2 Å². The number of anilines is 1. The number of carbonyl (C=O) groups is 2. The summed E-state index contributed by atoms with van der Waals surface area (Å²) in [6.07, 6.45) is 1.63. The van der Waals surface area contributed by atoms with Crippen molar-refractivity contribution in [1.29, 1.82) is 0 Å². The molecule has 0 bridgehead atoms. The highest BCUT2D eigenvalue weighted by Gasteiger charge is 2.24. The maximum atomic E-state index is 12.3. The summed E-state index contributed by atoms with van der Waals surface area (Å²) >= 11 is 2.15. The third-order valence-corrected chi connectivity index (χ3v) is 4.89. The lowest BCUT2D eigenvalue weighted by Gasteiger charge is -2.13. The van der Waals surface area contributed by atoms with E-state index in [4.69, 9.17) is 14.2 Å². The molecule has 0 saturated carbocycles. The predicted molar refractivity (Wildman–Crippen MR) is 127 cm³/mol. The highest BCUT2D eigenvalue weighted by Crippen LogP contribution is 2.35. The minimum atomic E-state index is -0.544. The van der Waals surface area contributed by atoms with Crippen LogP contribution in [0.25, 0.3) is 6.08 Å². The van der Waals surface area contributed by atoms with Gasteiger partial charge in [-0.15, -0.1) is 0 Å². The molecule has 2 aromatic carbocycles. The van der Waals surface area contributed by atoms with Crippen molar-refractivity contribution >= 4 is 52.1 Å². The van der Waals surface area contributed by atoms with Crippen LogP contribution in [0.15, 0.2) is 59.2 Å². The van der Waals surface area contributed by atoms with Gasteiger partial charge in [0.2, 0.25) is 11.8 Å². The number of carbonyl (C=O) groups excluding carboxylic acids is 2. The number of rotatable bonds is 7. The van der Waals surface area contributed by atoms with Crippen LogP contribution < -0.4 is 14.8 Å². The molecule has 8 heteroatoms. The number of cyclic esters (lactones) is 1. The summed E-state index contributed by atoms with van der Waals surface area (Å²) in [5.74, 6) is 0.657. The van der Waals surface area contributed by atoms with Crippen molar-refractivity contribution in [2.24, 2.45) is 4.99 Å². The Labute approximate surface area is 193 Å². The maximum absolute atomic E-state index is 12.3. The highest BCUT2D eigenvalue weighted by molar-refractivity contribution is 14.1. The number of nitrogens with zero attached hydrogens (tertiary/aromatic N) is 1. The van der Waals surface area contributed by atoms with Crippen molar-refractivity contribution in [3.8, 4) is 11.5 Å². The smallest absolute Gasteiger partial charge is 0.363 e. The van der Waals surface area contributed by atoms with Crippen molar-refractivity contribution in [3.05, 3.63) is 68.9 Å². The third kappa shape index (κ3) is 5.72. The summed E-state index contributed by atoms with van der Waals surface area (Å²) in [6.45, 7) is 7.53. The Morgan fingerprint density at radius 1 is 1.26 bits per heavy atom. The standard InChI is InChI=1S/C23H21IN2O5/c1-13(2)12-30-21-18(24)9-15(11-20(21)29-4)10-19-23(28)31-22(26-19)16-5-7-17(8-6-16)25-14(3)27/h5-11H,1,12H2,2-4H3,(H,25,27)/b19-10-. The first-order valence-electron chi connectivity index (χ1n) is 9.32. The molecule has 7 nitrogen and oxygen atoms in total. The van der Waals surface area contributed by atoms with Gasteiger partial charge in [0.25, 0.3) is 0 Å². The zero-order chi connectivity index (χ0) is 22.5. The van der Waals surface area contributed by atoms with Crippen molar-refractivity contribution in [2.75, 3.05) is 19.0 Å². The van der Waals surface area contributed by atoms with Gasteiger partial charge in [0, 0.05) is 18.2 Å². The largest absolute Gasteiger partial charge is 0.493 e. The van der Waals surface area contributed by atoms with Crippen LogP contribution in [0, 0.1) is 3.57 Å². The monoisotopic (exact) mass is 532 g/mol. The summed E-state index contributed by atoms with van der Waals surface area (Å²) in [6, 6.07) is 10.5. The minimum absolute atomic E-state index is 0.163. The second-order valence-corrected chi connectivity index (χ2v) is 8.04. The van der Waals surface area contributed by atoms with Crippen LogP contribution in [-0.2, 0) is 14.3 Å². The predicted octanol–water partition coefficient (Wildman–Crippen LogP) is 4.56. The van der Waals surface area contributed by atoms with Gasteiger partial charge in [-0.05, 0) is 83.1 Å². The van der Waals surface area contributed by atoms with Crippen molar-refractivity contribution < 1.29 is 23.8 Å². The number of ether oxygens (including phenoxy) is 3. The summed E-state index contributed by atoms with van der Waals surface area (Å²) in [5.41, 5.74) is 3.06. The summed E-state index contributed by atoms with van der Waals surface area (Å²) in [5, 5.41) is 2.68. The van der Waals surface area contributed by atoms with Gasteiger partial charge in [0.05, 0.1) is 10.7 Å². The molecule has 2 aromatic rings. The van der Waals surface area contributed by atoms with E-state index >= 15 is 0 Å². The molecule has 0 unspecified atom stereocenters. The first-order chi connectivity index (χ1) is 14.8. The van der Waals surface area contributed by atoms with Gasteiger partial charge in [-0.1, -0.05) is 6.58 Å². The Morgan fingerprint density at radius 2 is 1.97 bits per heavy atom. The Bertz CT molecular complexity index is 1100. The Balaban J connectivity index is 1.86. The van der Waals surface area contributed by atoms with Gasteiger partial charge in [-0.3, -0.25) is 4.79 Å². The molecule has 1 heterocycles. The van der Waals surface area contributed by atoms with Crippen LogP contribution in [0.5, 0.6) is 11.5 Å². The molecule has 1 N–H and O–H groups in total. The number of aliphatic imine (C=N–C) groups is 1. The number of hydrogen-bond acceptors (Lipinski definition) is 6. The van der Waals surface area contributed by atoms with Crippen LogP contribution in [0.2, 0.25) is 0 Å². The molecular formula is C23H21IN2O5. The number of methoxy groups -OCH3 is 1. The molecule has 0 aliphatic carbocycles. The molecule has 1 aliphatic rings. The lowest BCUT2D eigenvalue weighted by atomic mass is 10.1. The minimum Gasteiger partial charge on any atom is -0.493 e. The van der Waals surface area contributed by atoms with E-state index in [9.17, 15) is 9.59 Å². The number of amides is 1. The molecule has 160 valence electrons. The van der Waals surface area contributed by atoms with E-state index in [-0.39, 0.29) is 17.5 Å². The fraction of sp³-hybridized carbons (Fsp3) is 0.174. The second-order valence-electron chi connectivity index (χ2n) is 6.87. The number of nitrogens with one attached hydrogen (secondary N) is 1. The van der Waals surface area contributed by atoms with Crippen LogP contribution in [0.3, 0.4) is 0 Å². The SMILES string of the molecule is C=C(C)COc1c(I)cc(/C=C2\N=C(c3ccc(NC(C)=O)cc3)OC2=O)cc1OC. The van der Waals surface area contributed by atoms with Gasteiger partial charge in [-0.25, -0.2) is 9.79 Å². The number of halogens is 1. The lowest BCUT2D eigenvalue weighted by molar-refractivity contribution is -0.129. The third-order valence-electron chi connectivity index (χ3n) is 4.09. The summed E-state index contributed by atoms with van der Waals surface area (Å²) in [4.78, 5) is 27.8. The normalized spacial score (nSPS) is 14.1. The molecule has 31 heavy (non-hydrogen) atoms. The zero-order valence-electron chi connectivity index (χ0n) is 17.3. The molecule has 0 spiro atoms. The van der Waals surface area contributed by atoms with Gasteiger partial charge in [0.1, 0.15) is 6.61 Å². The number of benzene rings is 2. The Hall–Kier alpha value is -3.14. The average molecular weight is 532 g/mol. The fourth-order valence-electron chi connectivity index (χ4n) is 2.75. The van der Waals surface area contributed by atoms with E-state index in [1.165, 1.54) is 6.92 Å². The first kappa shape index (κ1) is 22.5. The van der Waals surface area contributed by atoms with E-state index in [2.05, 4.69) is 39.5 Å². The molecule has 3 rings (SSSR count). The van der Waals surface area contributed by atoms with Gasteiger partial charge >= 0.3 is 5.97 Å². The highest BCUT2D eigenvalue weighted by atomic mass is 127. The van der Waals surface area contributed by atoms with E-state index in [0.717, 1.165) is 14.7 Å². The van der Waals surface area contributed by atoms with Gasteiger partial charge < -0.3 is 19.5 Å². The molecule has 0 aromatic heterocycles. The summed E-state index contributed by atoms with van der Waals surface area (Å²) in [7, 11) is 1.56. The molecule has 1 aliphatic heterocycles. The number of hydrogen-bond donors (Lipinski definition) is 1. The van der Waals surface area contributed by atoms with Crippen LogP contribution in [0.1, 0.15) is 25.0 Å². The molecule has 0 atom stereocenters. The maximum Gasteiger partial charge on any atom is 0.363 e. The quantitative estimate of drug-likeness (QED) is 0.245. The van der Waals surface area contributed by atoms with E-state index < -0.39 is 5.97 Å².